The van der Waals surface area contributed by atoms with Gasteiger partial charge in [0.05, 0.1) is 5.57 Å². The SMILES string of the molecule is Cc1ccccc1N1C(=O)C(=O)/C(=C(\O)c2ccc3c(c2)CCCC3)C1c1sccc1C. The van der Waals surface area contributed by atoms with E-state index in [9.17, 15) is 14.7 Å². The number of carbonyl (C=O) groups excluding carboxylic acids is 2. The maximum absolute atomic E-state index is 13.3. The number of aliphatic hydroxyl groups is 1. The number of ketones is 1. The van der Waals surface area contributed by atoms with Crippen LogP contribution in [0, 0.1) is 13.8 Å². The topological polar surface area (TPSA) is 57.6 Å². The van der Waals surface area contributed by atoms with Crippen LogP contribution in [-0.2, 0) is 22.4 Å². The number of carbonyl (C=O) groups is 2. The largest absolute Gasteiger partial charge is 0.507 e. The zero-order valence-corrected chi connectivity index (χ0v) is 19.0. The molecule has 1 saturated heterocycles. The summed E-state index contributed by atoms with van der Waals surface area (Å²) < 4.78 is 0. The molecule has 162 valence electrons. The minimum absolute atomic E-state index is 0.0920. The molecule has 2 heterocycles. The molecule has 1 aromatic heterocycles. The molecule has 5 heteroatoms. The van der Waals surface area contributed by atoms with Crippen molar-refractivity contribution < 1.29 is 14.7 Å². The first-order chi connectivity index (χ1) is 15.5. The third-order valence-corrected chi connectivity index (χ3v) is 7.66. The highest BCUT2D eigenvalue weighted by Gasteiger charge is 2.48. The Hall–Kier alpha value is -3.18. The second-order valence-electron chi connectivity index (χ2n) is 8.61. The van der Waals surface area contributed by atoms with Crippen LogP contribution in [0.2, 0.25) is 0 Å². The van der Waals surface area contributed by atoms with Crippen molar-refractivity contribution in [1.82, 2.24) is 0 Å². The highest BCUT2D eigenvalue weighted by atomic mass is 32.1. The minimum Gasteiger partial charge on any atom is -0.507 e. The van der Waals surface area contributed by atoms with Crippen LogP contribution in [0.5, 0.6) is 0 Å². The third kappa shape index (κ3) is 3.28. The molecule has 2 aromatic carbocycles. The van der Waals surface area contributed by atoms with Crippen molar-refractivity contribution in [2.75, 3.05) is 4.90 Å². The van der Waals surface area contributed by atoms with E-state index in [-0.39, 0.29) is 11.3 Å². The van der Waals surface area contributed by atoms with E-state index < -0.39 is 17.7 Å². The van der Waals surface area contributed by atoms with E-state index in [0.29, 0.717) is 11.3 Å². The molecule has 0 bridgehead atoms. The highest BCUT2D eigenvalue weighted by molar-refractivity contribution is 7.10. The number of thiophene rings is 1. The standard InChI is InChI=1S/C27H25NO3S/c1-16-7-3-6-10-21(16)28-23(26-17(2)13-14-32-26)22(25(30)27(28)31)24(29)20-12-11-18-8-4-5-9-19(18)15-20/h3,6-7,10-15,23,29H,4-5,8-9H2,1-2H3/b24-22-. The van der Waals surface area contributed by atoms with Gasteiger partial charge in [0.1, 0.15) is 11.8 Å². The molecule has 0 saturated carbocycles. The van der Waals surface area contributed by atoms with Crippen molar-refractivity contribution in [3.63, 3.8) is 0 Å². The van der Waals surface area contributed by atoms with E-state index in [1.165, 1.54) is 28.9 Å². The minimum atomic E-state index is -0.646. The number of hydrogen-bond donors (Lipinski definition) is 1. The van der Waals surface area contributed by atoms with Crippen LogP contribution < -0.4 is 4.90 Å². The summed E-state index contributed by atoms with van der Waals surface area (Å²) in [5.41, 5.74) is 5.89. The predicted octanol–water partition coefficient (Wildman–Crippen LogP) is 5.87. The molecule has 4 nitrogen and oxygen atoms in total. The first-order valence-electron chi connectivity index (χ1n) is 11.0. The van der Waals surface area contributed by atoms with Gasteiger partial charge < -0.3 is 5.11 Å². The molecule has 1 aliphatic carbocycles. The number of benzene rings is 2. The fourth-order valence-corrected chi connectivity index (χ4v) is 5.89. The van der Waals surface area contributed by atoms with Gasteiger partial charge in [0.2, 0.25) is 0 Å². The summed E-state index contributed by atoms with van der Waals surface area (Å²) in [5.74, 6) is -1.33. The lowest BCUT2D eigenvalue weighted by molar-refractivity contribution is -0.132. The lowest BCUT2D eigenvalue weighted by Crippen LogP contribution is -2.30. The number of fused-ring (bicyclic) bond motifs is 1. The zero-order valence-electron chi connectivity index (χ0n) is 18.2. The van der Waals surface area contributed by atoms with Crippen LogP contribution in [0.1, 0.15) is 51.6 Å². The van der Waals surface area contributed by atoms with Crippen LogP contribution >= 0.6 is 11.3 Å². The smallest absolute Gasteiger partial charge is 0.300 e. The van der Waals surface area contributed by atoms with E-state index in [0.717, 1.165) is 35.3 Å². The molecule has 1 N–H and O–H groups in total. The Bertz CT molecular complexity index is 1270. The second kappa shape index (κ2) is 8.06. The lowest BCUT2D eigenvalue weighted by atomic mass is 9.89. The van der Waals surface area contributed by atoms with Gasteiger partial charge in [0.25, 0.3) is 11.7 Å². The molecular formula is C27H25NO3S. The molecule has 5 rings (SSSR count). The van der Waals surface area contributed by atoms with Gasteiger partial charge in [-0.2, -0.15) is 0 Å². The summed E-state index contributed by atoms with van der Waals surface area (Å²) in [7, 11) is 0. The first-order valence-corrected chi connectivity index (χ1v) is 11.9. The highest BCUT2D eigenvalue weighted by Crippen LogP contribution is 2.45. The Balaban J connectivity index is 1.71. The zero-order chi connectivity index (χ0) is 22.4. The molecule has 1 fully saturated rings. The number of anilines is 1. The Morgan fingerprint density at radius 2 is 1.72 bits per heavy atom. The molecule has 2 aliphatic rings. The molecule has 0 radical (unpaired) electrons. The normalized spacial score (nSPS) is 19.9. The number of para-hydroxylation sites is 1. The van der Waals surface area contributed by atoms with Crippen molar-refractivity contribution in [3.05, 3.63) is 92.2 Å². The van der Waals surface area contributed by atoms with E-state index >= 15 is 0 Å². The molecular weight excluding hydrogens is 418 g/mol. The summed E-state index contributed by atoms with van der Waals surface area (Å²) >= 11 is 1.50. The first kappa shape index (κ1) is 20.7. The summed E-state index contributed by atoms with van der Waals surface area (Å²) in [4.78, 5) is 29.1. The van der Waals surface area contributed by atoms with Crippen molar-refractivity contribution in [1.29, 1.82) is 0 Å². The van der Waals surface area contributed by atoms with Crippen molar-refractivity contribution in [2.24, 2.45) is 0 Å². The van der Waals surface area contributed by atoms with Gasteiger partial charge in [0, 0.05) is 16.1 Å². The molecule has 1 atom stereocenters. The maximum Gasteiger partial charge on any atom is 0.300 e. The maximum atomic E-state index is 13.3. The Morgan fingerprint density at radius 1 is 0.969 bits per heavy atom. The van der Waals surface area contributed by atoms with Crippen LogP contribution in [-0.4, -0.2) is 16.8 Å². The molecule has 1 unspecified atom stereocenters. The van der Waals surface area contributed by atoms with E-state index in [2.05, 4.69) is 0 Å². The van der Waals surface area contributed by atoms with Crippen molar-refractivity contribution >= 4 is 34.5 Å². The third-order valence-electron chi connectivity index (χ3n) is 6.59. The number of nitrogens with zero attached hydrogens (tertiary/aromatic N) is 1. The number of amides is 1. The van der Waals surface area contributed by atoms with Gasteiger partial charge in [-0.25, -0.2) is 0 Å². The number of Topliss-reactive ketones (excluding diaryl/α,β-unsaturated/α-hetero) is 1. The van der Waals surface area contributed by atoms with Crippen molar-refractivity contribution in [2.45, 2.75) is 45.6 Å². The van der Waals surface area contributed by atoms with Crippen molar-refractivity contribution in [3.8, 4) is 0 Å². The average molecular weight is 444 g/mol. The number of aryl methyl sites for hydroxylation is 4. The Morgan fingerprint density at radius 3 is 2.44 bits per heavy atom. The fraction of sp³-hybridized carbons (Fsp3) is 0.259. The molecule has 3 aromatic rings. The Labute approximate surface area is 191 Å². The van der Waals surface area contributed by atoms with Crippen LogP contribution in [0.15, 0.2) is 59.5 Å². The van der Waals surface area contributed by atoms with Gasteiger partial charge in [-0.15, -0.1) is 11.3 Å². The predicted molar refractivity (Wildman–Crippen MR) is 128 cm³/mol. The summed E-state index contributed by atoms with van der Waals surface area (Å²) in [6, 6.07) is 14.8. The van der Waals surface area contributed by atoms with Crippen LogP contribution in [0.25, 0.3) is 5.76 Å². The van der Waals surface area contributed by atoms with Gasteiger partial charge in [-0.3, -0.25) is 14.5 Å². The van der Waals surface area contributed by atoms with Gasteiger partial charge in [-0.05, 0) is 85.4 Å². The van der Waals surface area contributed by atoms with Gasteiger partial charge >= 0.3 is 0 Å². The molecule has 1 aliphatic heterocycles. The summed E-state index contributed by atoms with van der Waals surface area (Å²) in [6.45, 7) is 3.90. The summed E-state index contributed by atoms with van der Waals surface area (Å²) in [6.07, 6.45) is 4.32. The summed E-state index contributed by atoms with van der Waals surface area (Å²) in [5, 5.41) is 13.3. The molecule has 1 amide bonds. The average Bonchev–Trinajstić information content (AvgIpc) is 3.34. The van der Waals surface area contributed by atoms with E-state index in [1.807, 2.05) is 67.8 Å². The van der Waals surface area contributed by atoms with E-state index in [1.54, 1.807) is 4.90 Å². The number of hydrogen-bond acceptors (Lipinski definition) is 4. The lowest BCUT2D eigenvalue weighted by Gasteiger charge is -2.26. The Kier molecular flexibility index (Phi) is 5.22. The molecule has 32 heavy (non-hydrogen) atoms. The van der Waals surface area contributed by atoms with Gasteiger partial charge in [0.15, 0.2) is 0 Å². The van der Waals surface area contributed by atoms with E-state index in [4.69, 9.17) is 0 Å². The number of aliphatic hydroxyl groups excluding tert-OH is 1. The van der Waals surface area contributed by atoms with Crippen LogP contribution in [0.3, 0.4) is 0 Å². The second-order valence-corrected chi connectivity index (χ2v) is 9.56. The fourth-order valence-electron chi connectivity index (χ4n) is 4.86. The van der Waals surface area contributed by atoms with Crippen LogP contribution in [0.4, 0.5) is 5.69 Å². The quantitative estimate of drug-likeness (QED) is 0.313. The monoisotopic (exact) mass is 443 g/mol. The number of rotatable bonds is 3. The molecule has 0 spiro atoms. The van der Waals surface area contributed by atoms with Gasteiger partial charge in [-0.1, -0.05) is 30.3 Å².